The minimum atomic E-state index is -0.567. The molecule has 0 heterocycles. The van der Waals surface area contributed by atoms with Gasteiger partial charge in [0, 0.05) is 17.1 Å². The van der Waals surface area contributed by atoms with Gasteiger partial charge in [-0.3, -0.25) is 14.4 Å². The largest absolute Gasteiger partial charge is 0.469 e. The van der Waals surface area contributed by atoms with Crippen molar-refractivity contribution in [2.24, 2.45) is 0 Å². The van der Waals surface area contributed by atoms with E-state index in [4.69, 9.17) is 11.6 Å². The van der Waals surface area contributed by atoms with Crippen molar-refractivity contribution >= 4 is 29.4 Å². The van der Waals surface area contributed by atoms with Crippen LogP contribution in [0.5, 0.6) is 0 Å². The molecule has 21 heavy (non-hydrogen) atoms. The van der Waals surface area contributed by atoms with Crippen LogP contribution >= 0.6 is 11.6 Å². The first kappa shape index (κ1) is 17.0. The molecule has 1 aromatic carbocycles. The average molecular weight is 314 g/mol. The maximum absolute atomic E-state index is 12.3. The number of esters is 2. The summed E-state index contributed by atoms with van der Waals surface area (Å²) in [6.45, 7) is -0.182. The molecule has 0 aromatic heterocycles. The van der Waals surface area contributed by atoms with Crippen molar-refractivity contribution in [2.75, 3.05) is 27.3 Å². The van der Waals surface area contributed by atoms with E-state index < -0.39 is 11.9 Å². The minimum absolute atomic E-state index is 0.00712. The number of carbonyl (C=O) groups is 3. The van der Waals surface area contributed by atoms with Crippen molar-refractivity contribution in [3.8, 4) is 0 Å². The maximum Gasteiger partial charge on any atom is 0.325 e. The Morgan fingerprint density at radius 2 is 1.62 bits per heavy atom. The first-order chi connectivity index (χ1) is 9.97. The first-order valence-electron chi connectivity index (χ1n) is 6.16. The zero-order valence-electron chi connectivity index (χ0n) is 11.8. The molecule has 0 aliphatic rings. The van der Waals surface area contributed by atoms with Crippen molar-refractivity contribution in [2.45, 2.75) is 6.42 Å². The Hall–Kier alpha value is -2.08. The molecule has 6 nitrogen and oxygen atoms in total. The van der Waals surface area contributed by atoms with E-state index in [1.807, 2.05) is 0 Å². The first-order valence-corrected chi connectivity index (χ1v) is 6.54. The summed E-state index contributed by atoms with van der Waals surface area (Å²) in [5.74, 6) is -1.42. The van der Waals surface area contributed by atoms with Gasteiger partial charge in [0.1, 0.15) is 6.54 Å². The maximum atomic E-state index is 12.3. The third-order valence-corrected chi connectivity index (χ3v) is 2.99. The second-order valence-electron chi connectivity index (χ2n) is 4.14. The quantitative estimate of drug-likeness (QED) is 0.744. The molecule has 0 N–H and O–H groups in total. The standard InChI is InChI=1S/C14H16ClNO5/c1-20-12(17)7-8-16(9-13(18)21-2)14(19)10-3-5-11(15)6-4-10/h3-6H,7-9H2,1-2H3. The predicted octanol–water partition coefficient (Wildman–Crippen LogP) is 1.52. The van der Waals surface area contributed by atoms with Gasteiger partial charge in [-0.25, -0.2) is 0 Å². The molecule has 0 unspecified atom stereocenters. The Labute approximate surface area is 127 Å². The van der Waals surface area contributed by atoms with E-state index in [1.54, 1.807) is 24.3 Å². The summed E-state index contributed by atoms with van der Waals surface area (Å²) >= 11 is 5.76. The summed E-state index contributed by atoms with van der Waals surface area (Å²) in [5.41, 5.74) is 0.369. The molecule has 7 heteroatoms. The zero-order valence-corrected chi connectivity index (χ0v) is 12.6. The fourth-order valence-corrected chi connectivity index (χ4v) is 1.70. The highest BCUT2D eigenvalue weighted by Gasteiger charge is 2.20. The topological polar surface area (TPSA) is 72.9 Å². The van der Waals surface area contributed by atoms with Crippen LogP contribution in [-0.4, -0.2) is 50.1 Å². The number of rotatable bonds is 6. The van der Waals surface area contributed by atoms with Gasteiger partial charge >= 0.3 is 11.9 Å². The van der Waals surface area contributed by atoms with Crippen molar-refractivity contribution in [3.05, 3.63) is 34.9 Å². The van der Waals surface area contributed by atoms with E-state index in [0.29, 0.717) is 10.6 Å². The normalized spacial score (nSPS) is 9.86. The molecule has 0 bridgehead atoms. The van der Waals surface area contributed by atoms with Crippen molar-refractivity contribution in [1.29, 1.82) is 0 Å². The Kier molecular flexibility index (Phi) is 6.68. The highest BCUT2D eigenvalue weighted by Crippen LogP contribution is 2.12. The van der Waals surface area contributed by atoms with Gasteiger partial charge in [-0.05, 0) is 24.3 Å². The van der Waals surface area contributed by atoms with E-state index in [0.717, 1.165) is 0 Å². The van der Waals surface area contributed by atoms with Gasteiger partial charge < -0.3 is 14.4 Å². The molecular formula is C14H16ClNO5. The molecule has 0 saturated heterocycles. The summed E-state index contributed by atoms with van der Waals surface area (Å²) in [4.78, 5) is 36.1. The fraction of sp³-hybridized carbons (Fsp3) is 0.357. The molecular weight excluding hydrogens is 298 g/mol. The van der Waals surface area contributed by atoms with E-state index in [2.05, 4.69) is 9.47 Å². The number of carbonyl (C=O) groups excluding carboxylic acids is 3. The number of benzene rings is 1. The van der Waals surface area contributed by atoms with Gasteiger partial charge in [-0.15, -0.1) is 0 Å². The van der Waals surface area contributed by atoms with E-state index >= 15 is 0 Å². The number of nitrogens with zero attached hydrogens (tertiary/aromatic N) is 1. The zero-order chi connectivity index (χ0) is 15.8. The lowest BCUT2D eigenvalue weighted by Gasteiger charge is -2.21. The minimum Gasteiger partial charge on any atom is -0.469 e. The third kappa shape index (κ3) is 5.43. The molecule has 0 radical (unpaired) electrons. The number of ether oxygens (including phenoxy) is 2. The molecule has 114 valence electrons. The Bertz CT molecular complexity index is 515. The van der Waals surface area contributed by atoms with Gasteiger partial charge in [0.15, 0.2) is 0 Å². The predicted molar refractivity (Wildman–Crippen MR) is 76.0 cm³/mol. The summed E-state index contributed by atoms with van der Waals surface area (Å²) in [5, 5.41) is 0.501. The Balaban J connectivity index is 2.83. The number of amides is 1. The van der Waals surface area contributed by atoms with Crippen molar-refractivity contribution in [3.63, 3.8) is 0 Å². The van der Waals surface area contributed by atoms with Crippen LogP contribution in [0, 0.1) is 0 Å². The number of hydrogen-bond donors (Lipinski definition) is 0. The molecule has 0 aliphatic heterocycles. The van der Waals surface area contributed by atoms with Gasteiger partial charge in [0.25, 0.3) is 5.91 Å². The van der Waals surface area contributed by atoms with E-state index in [1.165, 1.54) is 19.1 Å². The second kappa shape index (κ2) is 8.26. The lowest BCUT2D eigenvalue weighted by atomic mass is 10.2. The van der Waals surface area contributed by atoms with Gasteiger partial charge in [0.05, 0.1) is 20.6 Å². The monoisotopic (exact) mass is 313 g/mol. The number of hydrogen-bond acceptors (Lipinski definition) is 5. The van der Waals surface area contributed by atoms with Gasteiger partial charge in [0.2, 0.25) is 0 Å². The van der Waals surface area contributed by atoms with Gasteiger partial charge in [-0.1, -0.05) is 11.6 Å². The molecule has 1 aromatic rings. The fourth-order valence-electron chi connectivity index (χ4n) is 1.58. The molecule has 0 aliphatic carbocycles. The van der Waals surface area contributed by atoms with E-state index in [9.17, 15) is 14.4 Å². The lowest BCUT2D eigenvalue weighted by Crippen LogP contribution is -2.37. The van der Waals surface area contributed by atoms with Crippen LogP contribution in [0.1, 0.15) is 16.8 Å². The second-order valence-corrected chi connectivity index (χ2v) is 4.57. The summed E-state index contributed by atoms with van der Waals surface area (Å²) in [6.07, 6.45) is -0.00712. The summed E-state index contributed by atoms with van der Waals surface area (Å²) in [6, 6.07) is 6.25. The van der Waals surface area contributed by atoms with Crippen LogP contribution in [-0.2, 0) is 19.1 Å². The molecule has 0 atom stereocenters. The van der Waals surface area contributed by atoms with Crippen LogP contribution in [0.15, 0.2) is 24.3 Å². The Morgan fingerprint density at radius 3 is 2.14 bits per heavy atom. The molecule has 0 saturated carbocycles. The summed E-state index contributed by atoms with van der Waals surface area (Å²) in [7, 11) is 2.49. The van der Waals surface area contributed by atoms with E-state index in [-0.39, 0.29) is 25.4 Å². The van der Waals surface area contributed by atoms with Crippen molar-refractivity contribution < 1.29 is 23.9 Å². The highest BCUT2D eigenvalue weighted by molar-refractivity contribution is 6.30. The molecule has 1 amide bonds. The smallest absolute Gasteiger partial charge is 0.325 e. The number of halogens is 1. The third-order valence-electron chi connectivity index (χ3n) is 2.74. The number of methoxy groups -OCH3 is 2. The van der Waals surface area contributed by atoms with Crippen LogP contribution in [0.4, 0.5) is 0 Å². The highest BCUT2D eigenvalue weighted by atomic mass is 35.5. The summed E-state index contributed by atoms with van der Waals surface area (Å²) < 4.78 is 9.07. The van der Waals surface area contributed by atoms with Crippen LogP contribution in [0.3, 0.4) is 0 Å². The molecule has 0 spiro atoms. The van der Waals surface area contributed by atoms with Crippen LogP contribution in [0.25, 0.3) is 0 Å². The average Bonchev–Trinajstić information content (AvgIpc) is 2.50. The molecule has 1 rings (SSSR count). The van der Waals surface area contributed by atoms with Crippen LogP contribution < -0.4 is 0 Å². The molecule has 0 fully saturated rings. The van der Waals surface area contributed by atoms with Gasteiger partial charge in [-0.2, -0.15) is 0 Å². The lowest BCUT2D eigenvalue weighted by molar-refractivity contribution is -0.143. The van der Waals surface area contributed by atoms with Crippen molar-refractivity contribution in [1.82, 2.24) is 4.90 Å². The Morgan fingerprint density at radius 1 is 1.05 bits per heavy atom. The van der Waals surface area contributed by atoms with Crippen LogP contribution in [0.2, 0.25) is 5.02 Å². The SMILES string of the molecule is COC(=O)CCN(CC(=O)OC)C(=O)c1ccc(Cl)cc1.